The molecule has 1 aromatic rings. The lowest BCUT2D eigenvalue weighted by molar-refractivity contribution is -0.145. The number of halogens is 1. The molecule has 1 heterocycles. The molecular formula is C15H18BrNO4. The Kier molecular flexibility index (Phi) is 5.36. The van der Waals surface area contributed by atoms with Crippen LogP contribution in [0.3, 0.4) is 0 Å². The molecule has 0 aromatic heterocycles. The second-order valence-corrected chi connectivity index (χ2v) is 6.01. The molecular weight excluding hydrogens is 338 g/mol. The van der Waals surface area contributed by atoms with E-state index in [-0.39, 0.29) is 18.6 Å². The summed E-state index contributed by atoms with van der Waals surface area (Å²) in [6.07, 6.45) is 1.27. The van der Waals surface area contributed by atoms with Crippen molar-refractivity contribution in [3.8, 4) is 0 Å². The fourth-order valence-corrected chi connectivity index (χ4v) is 2.70. The van der Waals surface area contributed by atoms with E-state index in [2.05, 4.69) is 15.9 Å². The van der Waals surface area contributed by atoms with Crippen molar-refractivity contribution in [1.82, 2.24) is 4.90 Å². The van der Waals surface area contributed by atoms with E-state index in [0.717, 1.165) is 10.0 Å². The van der Waals surface area contributed by atoms with Gasteiger partial charge in [0.2, 0.25) is 0 Å². The molecule has 1 amide bonds. The Balaban J connectivity index is 1.90. The number of likely N-dealkylation sites (tertiary alicyclic amines) is 1. The minimum atomic E-state index is -0.960. The van der Waals surface area contributed by atoms with Crippen LogP contribution in [0.25, 0.3) is 0 Å². The number of aliphatic carboxylic acids is 1. The number of hydrogen-bond acceptors (Lipinski definition) is 3. The summed E-state index contributed by atoms with van der Waals surface area (Å²) in [6.45, 7) is 2.89. The maximum Gasteiger partial charge on any atom is 0.329 e. The topological polar surface area (TPSA) is 66.8 Å². The number of hydrogen-bond donors (Lipinski definition) is 1. The zero-order chi connectivity index (χ0) is 15.4. The van der Waals surface area contributed by atoms with E-state index >= 15 is 0 Å². The molecule has 1 aliphatic heterocycles. The van der Waals surface area contributed by atoms with E-state index in [1.54, 1.807) is 4.90 Å². The number of ether oxygens (including phenoxy) is 1. The Hall–Kier alpha value is -1.40. The highest BCUT2D eigenvalue weighted by molar-refractivity contribution is 9.10. The fourth-order valence-electron chi connectivity index (χ4n) is 2.32. The number of nitrogens with zero attached hydrogens (tertiary/aromatic N) is 1. The van der Waals surface area contributed by atoms with Crippen molar-refractivity contribution in [3.05, 3.63) is 33.8 Å². The highest BCUT2D eigenvalue weighted by atomic mass is 79.9. The molecule has 0 spiro atoms. The van der Waals surface area contributed by atoms with Gasteiger partial charge in [0.05, 0.1) is 6.10 Å². The van der Waals surface area contributed by atoms with Gasteiger partial charge in [-0.2, -0.15) is 0 Å². The Morgan fingerprint density at radius 2 is 2.05 bits per heavy atom. The largest absolute Gasteiger partial charge is 0.480 e. The van der Waals surface area contributed by atoms with Gasteiger partial charge in [-0.25, -0.2) is 4.79 Å². The number of aryl methyl sites for hydroxylation is 1. The highest BCUT2D eigenvalue weighted by Crippen LogP contribution is 2.21. The normalized spacial score (nSPS) is 16.0. The molecule has 0 aliphatic carbocycles. The molecule has 6 heteroatoms. The van der Waals surface area contributed by atoms with Gasteiger partial charge in [0.15, 0.2) is 0 Å². The van der Waals surface area contributed by atoms with E-state index in [4.69, 9.17) is 9.84 Å². The summed E-state index contributed by atoms with van der Waals surface area (Å²) >= 11 is 3.44. The van der Waals surface area contributed by atoms with E-state index in [1.807, 2.05) is 25.1 Å². The van der Waals surface area contributed by atoms with E-state index in [9.17, 15) is 9.59 Å². The molecule has 0 atom stereocenters. The van der Waals surface area contributed by atoms with Gasteiger partial charge in [-0.1, -0.05) is 22.0 Å². The van der Waals surface area contributed by atoms with Crippen molar-refractivity contribution in [3.63, 3.8) is 0 Å². The van der Waals surface area contributed by atoms with Crippen molar-refractivity contribution >= 4 is 27.8 Å². The molecule has 0 radical (unpaired) electrons. The van der Waals surface area contributed by atoms with Crippen LogP contribution in [0.2, 0.25) is 0 Å². The first-order valence-electron chi connectivity index (χ1n) is 6.86. The number of carbonyl (C=O) groups excluding carboxylic acids is 1. The molecule has 1 aliphatic rings. The first-order chi connectivity index (χ1) is 9.97. The average molecular weight is 356 g/mol. The van der Waals surface area contributed by atoms with Gasteiger partial charge >= 0.3 is 5.97 Å². The zero-order valence-corrected chi connectivity index (χ0v) is 13.4. The van der Waals surface area contributed by atoms with Crippen LogP contribution in [0.1, 0.15) is 28.8 Å². The number of carboxylic acids is 1. The summed E-state index contributed by atoms with van der Waals surface area (Å²) in [4.78, 5) is 24.7. The molecule has 2 rings (SSSR count). The number of piperidine rings is 1. The third-order valence-electron chi connectivity index (χ3n) is 3.59. The molecule has 0 saturated carbocycles. The molecule has 114 valence electrons. The second-order valence-electron chi connectivity index (χ2n) is 5.16. The molecule has 5 nitrogen and oxygen atoms in total. The quantitative estimate of drug-likeness (QED) is 0.900. The predicted octanol–water partition coefficient (Wildman–Crippen LogP) is 2.46. The first-order valence-corrected chi connectivity index (χ1v) is 7.65. The fraction of sp³-hybridized carbons (Fsp3) is 0.467. The summed E-state index contributed by atoms with van der Waals surface area (Å²) in [6, 6.07) is 5.58. The minimum absolute atomic E-state index is 0.00684. The summed E-state index contributed by atoms with van der Waals surface area (Å²) < 4.78 is 6.19. The van der Waals surface area contributed by atoms with Crippen molar-refractivity contribution in [2.75, 3.05) is 19.7 Å². The number of carboxylic acid groups (broad SMARTS) is 1. The Morgan fingerprint density at radius 1 is 1.38 bits per heavy atom. The Morgan fingerprint density at radius 3 is 2.62 bits per heavy atom. The second kappa shape index (κ2) is 7.04. The summed E-state index contributed by atoms with van der Waals surface area (Å²) in [5.74, 6) is -0.953. The van der Waals surface area contributed by atoms with Gasteiger partial charge in [0.1, 0.15) is 6.61 Å². The van der Waals surface area contributed by atoms with Crippen LogP contribution in [0.5, 0.6) is 0 Å². The van der Waals surface area contributed by atoms with Crippen LogP contribution in [0.4, 0.5) is 0 Å². The maximum atomic E-state index is 12.4. The molecule has 1 aromatic carbocycles. The third kappa shape index (κ3) is 4.28. The minimum Gasteiger partial charge on any atom is -0.480 e. The predicted molar refractivity (Wildman–Crippen MR) is 81.4 cm³/mol. The van der Waals surface area contributed by atoms with Gasteiger partial charge in [0, 0.05) is 23.1 Å². The van der Waals surface area contributed by atoms with Crippen LogP contribution in [-0.2, 0) is 9.53 Å². The zero-order valence-electron chi connectivity index (χ0n) is 11.8. The van der Waals surface area contributed by atoms with Crippen LogP contribution >= 0.6 is 15.9 Å². The van der Waals surface area contributed by atoms with E-state index in [1.165, 1.54) is 0 Å². The Labute approximate surface area is 132 Å². The number of carbonyl (C=O) groups is 2. The molecule has 0 unspecified atom stereocenters. The summed E-state index contributed by atoms with van der Waals surface area (Å²) in [5, 5.41) is 8.59. The standard InChI is InChI=1S/C15H18BrNO4/c1-10-2-3-11(8-13(10)16)15(20)17-6-4-12(5-7-17)21-9-14(18)19/h2-3,8,12H,4-7,9H2,1H3,(H,18,19). The monoisotopic (exact) mass is 355 g/mol. The van der Waals surface area contributed by atoms with Crippen molar-refractivity contribution in [2.45, 2.75) is 25.9 Å². The van der Waals surface area contributed by atoms with Gasteiger partial charge in [0.25, 0.3) is 5.91 Å². The first kappa shape index (κ1) is 16.0. The lowest BCUT2D eigenvalue weighted by Gasteiger charge is -2.31. The number of benzene rings is 1. The molecule has 1 fully saturated rings. The van der Waals surface area contributed by atoms with Crippen molar-refractivity contribution in [2.24, 2.45) is 0 Å². The SMILES string of the molecule is Cc1ccc(C(=O)N2CCC(OCC(=O)O)CC2)cc1Br. The van der Waals surface area contributed by atoms with Crippen molar-refractivity contribution < 1.29 is 19.4 Å². The molecule has 0 bridgehead atoms. The van der Waals surface area contributed by atoms with Crippen LogP contribution in [0.15, 0.2) is 22.7 Å². The smallest absolute Gasteiger partial charge is 0.329 e. The average Bonchev–Trinajstić information content (AvgIpc) is 2.48. The third-order valence-corrected chi connectivity index (χ3v) is 4.44. The van der Waals surface area contributed by atoms with Crippen LogP contribution < -0.4 is 0 Å². The van der Waals surface area contributed by atoms with Crippen LogP contribution in [-0.4, -0.2) is 47.7 Å². The molecule has 21 heavy (non-hydrogen) atoms. The highest BCUT2D eigenvalue weighted by Gasteiger charge is 2.24. The van der Waals surface area contributed by atoms with Gasteiger partial charge < -0.3 is 14.7 Å². The number of amides is 1. The Bertz CT molecular complexity index is 538. The maximum absolute atomic E-state index is 12.4. The molecule has 1 saturated heterocycles. The lowest BCUT2D eigenvalue weighted by Crippen LogP contribution is -2.41. The van der Waals surface area contributed by atoms with E-state index in [0.29, 0.717) is 31.5 Å². The summed E-state index contributed by atoms with van der Waals surface area (Å²) in [5.41, 5.74) is 1.75. The van der Waals surface area contributed by atoms with Gasteiger partial charge in [-0.15, -0.1) is 0 Å². The molecule has 1 N–H and O–H groups in total. The summed E-state index contributed by atoms with van der Waals surface area (Å²) in [7, 11) is 0. The van der Waals surface area contributed by atoms with Gasteiger partial charge in [-0.3, -0.25) is 4.79 Å². The van der Waals surface area contributed by atoms with Crippen molar-refractivity contribution in [1.29, 1.82) is 0 Å². The number of rotatable bonds is 4. The van der Waals surface area contributed by atoms with Gasteiger partial charge in [-0.05, 0) is 37.5 Å². The lowest BCUT2D eigenvalue weighted by atomic mass is 10.1. The van der Waals surface area contributed by atoms with E-state index < -0.39 is 5.97 Å². The van der Waals surface area contributed by atoms with Crippen LogP contribution in [0, 0.1) is 6.92 Å².